The maximum atomic E-state index is 3.47. The van der Waals surface area contributed by atoms with Crippen LogP contribution in [-0.4, -0.2) is 62.7 Å². The molecule has 3 nitrogen and oxygen atoms in total. The van der Waals surface area contributed by atoms with Gasteiger partial charge in [0.1, 0.15) is 0 Å². The van der Waals surface area contributed by atoms with E-state index in [4.69, 9.17) is 0 Å². The molecule has 1 heterocycles. The van der Waals surface area contributed by atoms with Crippen molar-refractivity contribution in [2.45, 2.75) is 45.1 Å². The molecule has 1 aliphatic rings. The molecule has 0 aliphatic carbocycles. The van der Waals surface area contributed by atoms with Crippen molar-refractivity contribution in [2.24, 2.45) is 0 Å². The van der Waals surface area contributed by atoms with Crippen LogP contribution in [0.3, 0.4) is 0 Å². The van der Waals surface area contributed by atoms with Gasteiger partial charge in [0, 0.05) is 12.6 Å². The molecular weight excluding hydrogens is 210 g/mol. The van der Waals surface area contributed by atoms with Crippen LogP contribution in [0.4, 0.5) is 0 Å². The standard InChI is InChI=1S/C14H31N3/c1-4-9-15-10-5-6-12-17(3)14-8-7-11-16(2)13-14/h14-15H,4-13H2,1-3H3. The van der Waals surface area contributed by atoms with Gasteiger partial charge >= 0.3 is 0 Å². The predicted octanol–water partition coefficient (Wildman–Crippen LogP) is 1.79. The molecule has 0 aromatic carbocycles. The summed E-state index contributed by atoms with van der Waals surface area (Å²) in [7, 11) is 4.54. The van der Waals surface area contributed by atoms with E-state index in [0.29, 0.717) is 0 Å². The van der Waals surface area contributed by atoms with E-state index < -0.39 is 0 Å². The van der Waals surface area contributed by atoms with Gasteiger partial charge in [0.25, 0.3) is 0 Å². The van der Waals surface area contributed by atoms with E-state index in [1.54, 1.807) is 0 Å². The minimum absolute atomic E-state index is 0.789. The van der Waals surface area contributed by atoms with Crippen LogP contribution in [0.2, 0.25) is 0 Å². The maximum absolute atomic E-state index is 3.47. The van der Waals surface area contributed by atoms with Crippen molar-refractivity contribution in [1.82, 2.24) is 15.1 Å². The Bertz CT molecular complexity index is 184. The zero-order valence-corrected chi connectivity index (χ0v) is 12.0. The van der Waals surface area contributed by atoms with Crippen LogP contribution in [0.25, 0.3) is 0 Å². The van der Waals surface area contributed by atoms with E-state index in [1.165, 1.54) is 64.8 Å². The second-order valence-electron chi connectivity index (χ2n) is 5.50. The normalized spacial score (nSPS) is 22.2. The third-order valence-corrected chi connectivity index (χ3v) is 3.76. The highest BCUT2D eigenvalue weighted by Gasteiger charge is 2.20. The quantitative estimate of drug-likeness (QED) is 0.654. The summed E-state index contributed by atoms with van der Waals surface area (Å²) in [5, 5.41) is 3.47. The lowest BCUT2D eigenvalue weighted by Crippen LogP contribution is -2.45. The number of piperidine rings is 1. The molecule has 0 aromatic heterocycles. The highest BCUT2D eigenvalue weighted by Crippen LogP contribution is 2.13. The monoisotopic (exact) mass is 241 g/mol. The molecule has 3 heteroatoms. The predicted molar refractivity (Wildman–Crippen MR) is 75.5 cm³/mol. The van der Waals surface area contributed by atoms with E-state index in [1.807, 2.05) is 0 Å². The first-order valence-corrected chi connectivity index (χ1v) is 7.33. The molecule has 102 valence electrons. The van der Waals surface area contributed by atoms with Gasteiger partial charge in [-0.3, -0.25) is 0 Å². The lowest BCUT2D eigenvalue weighted by Gasteiger charge is -2.35. The van der Waals surface area contributed by atoms with Gasteiger partial charge in [-0.2, -0.15) is 0 Å². The average molecular weight is 241 g/mol. The minimum Gasteiger partial charge on any atom is -0.317 e. The Hall–Kier alpha value is -0.120. The van der Waals surface area contributed by atoms with E-state index in [9.17, 15) is 0 Å². The van der Waals surface area contributed by atoms with Crippen LogP contribution in [-0.2, 0) is 0 Å². The molecule has 1 unspecified atom stereocenters. The molecule has 0 radical (unpaired) electrons. The van der Waals surface area contributed by atoms with Crippen molar-refractivity contribution >= 4 is 0 Å². The van der Waals surface area contributed by atoms with Crippen LogP contribution in [0.1, 0.15) is 39.0 Å². The molecule has 0 bridgehead atoms. The molecule has 1 rings (SSSR count). The Morgan fingerprint density at radius 1 is 1.29 bits per heavy atom. The highest BCUT2D eigenvalue weighted by molar-refractivity contribution is 4.77. The number of hydrogen-bond acceptors (Lipinski definition) is 3. The zero-order valence-electron chi connectivity index (χ0n) is 12.0. The first-order chi connectivity index (χ1) is 8.24. The van der Waals surface area contributed by atoms with Crippen molar-refractivity contribution in [3.8, 4) is 0 Å². The van der Waals surface area contributed by atoms with Gasteiger partial charge < -0.3 is 15.1 Å². The van der Waals surface area contributed by atoms with Gasteiger partial charge in [-0.15, -0.1) is 0 Å². The van der Waals surface area contributed by atoms with Gasteiger partial charge in [0.2, 0.25) is 0 Å². The third kappa shape index (κ3) is 6.39. The number of rotatable bonds is 8. The smallest absolute Gasteiger partial charge is 0.0220 e. The molecule has 0 amide bonds. The molecule has 1 saturated heterocycles. The molecule has 1 fully saturated rings. The Kier molecular flexibility index (Phi) is 7.82. The molecule has 0 aromatic rings. The van der Waals surface area contributed by atoms with Gasteiger partial charge in [-0.25, -0.2) is 0 Å². The Morgan fingerprint density at radius 2 is 2.12 bits per heavy atom. The topological polar surface area (TPSA) is 18.5 Å². The number of hydrogen-bond donors (Lipinski definition) is 1. The number of likely N-dealkylation sites (tertiary alicyclic amines) is 1. The highest BCUT2D eigenvalue weighted by atomic mass is 15.2. The Labute approximate surface area is 108 Å². The average Bonchev–Trinajstić information content (AvgIpc) is 2.33. The summed E-state index contributed by atoms with van der Waals surface area (Å²) in [5.74, 6) is 0. The molecule has 1 aliphatic heterocycles. The summed E-state index contributed by atoms with van der Waals surface area (Å²) in [6.45, 7) is 8.37. The third-order valence-electron chi connectivity index (χ3n) is 3.76. The van der Waals surface area contributed by atoms with Crippen molar-refractivity contribution < 1.29 is 0 Å². The van der Waals surface area contributed by atoms with Gasteiger partial charge in [0.15, 0.2) is 0 Å². The minimum atomic E-state index is 0.789. The van der Waals surface area contributed by atoms with Crippen LogP contribution < -0.4 is 5.32 Å². The lowest BCUT2D eigenvalue weighted by atomic mass is 10.0. The van der Waals surface area contributed by atoms with Gasteiger partial charge in [-0.1, -0.05) is 6.92 Å². The Morgan fingerprint density at radius 3 is 2.82 bits per heavy atom. The maximum Gasteiger partial charge on any atom is 0.0220 e. The SMILES string of the molecule is CCCNCCCCN(C)C1CCCN(C)C1. The first-order valence-electron chi connectivity index (χ1n) is 7.33. The molecule has 17 heavy (non-hydrogen) atoms. The van der Waals surface area contributed by atoms with E-state index in [0.717, 1.165) is 6.04 Å². The molecule has 0 saturated carbocycles. The van der Waals surface area contributed by atoms with Crippen molar-refractivity contribution in [3.05, 3.63) is 0 Å². The van der Waals surface area contributed by atoms with E-state index in [2.05, 4.69) is 36.1 Å². The zero-order chi connectivity index (χ0) is 12.5. The van der Waals surface area contributed by atoms with Crippen LogP contribution in [0.5, 0.6) is 0 Å². The summed E-state index contributed by atoms with van der Waals surface area (Å²) >= 11 is 0. The number of nitrogens with one attached hydrogen (secondary N) is 1. The van der Waals surface area contributed by atoms with E-state index >= 15 is 0 Å². The number of likely N-dealkylation sites (N-methyl/N-ethyl adjacent to an activating group) is 2. The van der Waals surface area contributed by atoms with E-state index in [-0.39, 0.29) is 0 Å². The Balaban J connectivity index is 2.02. The summed E-state index contributed by atoms with van der Waals surface area (Å²) in [4.78, 5) is 5.03. The fraction of sp³-hybridized carbons (Fsp3) is 1.00. The van der Waals surface area contributed by atoms with Crippen LogP contribution in [0.15, 0.2) is 0 Å². The number of nitrogens with zero attached hydrogens (tertiary/aromatic N) is 2. The summed E-state index contributed by atoms with van der Waals surface area (Å²) in [6.07, 6.45) is 6.63. The van der Waals surface area contributed by atoms with Crippen LogP contribution >= 0.6 is 0 Å². The van der Waals surface area contributed by atoms with Gasteiger partial charge in [-0.05, 0) is 72.4 Å². The van der Waals surface area contributed by atoms with Crippen molar-refractivity contribution in [3.63, 3.8) is 0 Å². The fourth-order valence-corrected chi connectivity index (χ4v) is 2.59. The molecular formula is C14H31N3. The lowest BCUT2D eigenvalue weighted by molar-refractivity contribution is 0.133. The summed E-state index contributed by atoms with van der Waals surface area (Å²) in [6, 6.07) is 0.789. The van der Waals surface area contributed by atoms with Crippen LogP contribution in [0, 0.1) is 0 Å². The second kappa shape index (κ2) is 8.90. The second-order valence-corrected chi connectivity index (χ2v) is 5.50. The van der Waals surface area contributed by atoms with Crippen molar-refractivity contribution in [2.75, 3.05) is 46.8 Å². The fourth-order valence-electron chi connectivity index (χ4n) is 2.59. The molecule has 1 N–H and O–H groups in total. The molecule has 1 atom stereocenters. The number of unbranched alkanes of at least 4 members (excludes halogenated alkanes) is 1. The molecule has 0 spiro atoms. The van der Waals surface area contributed by atoms with Crippen molar-refractivity contribution in [1.29, 1.82) is 0 Å². The summed E-state index contributed by atoms with van der Waals surface area (Å²) < 4.78 is 0. The summed E-state index contributed by atoms with van der Waals surface area (Å²) in [5.41, 5.74) is 0. The first kappa shape index (κ1) is 14.9. The largest absolute Gasteiger partial charge is 0.317 e. The van der Waals surface area contributed by atoms with Gasteiger partial charge in [0.05, 0.1) is 0 Å².